The molecule has 110 valence electrons. The predicted molar refractivity (Wildman–Crippen MR) is 80.6 cm³/mol. The van der Waals surface area contributed by atoms with Crippen LogP contribution in [0, 0.1) is 0 Å². The molecule has 0 spiro atoms. The Kier molecular flexibility index (Phi) is 5.58. The van der Waals surface area contributed by atoms with Crippen LogP contribution in [-0.2, 0) is 4.79 Å². The van der Waals surface area contributed by atoms with Gasteiger partial charge < -0.3 is 14.8 Å². The van der Waals surface area contributed by atoms with E-state index in [1.165, 1.54) is 0 Å². The highest BCUT2D eigenvalue weighted by atomic mass is 16.5. The Morgan fingerprint density at radius 3 is 2.57 bits per heavy atom. The molecule has 5 heteroatoms. The van der Waals surface area contributed by atoms with Gasteiger partial charge >= 0.3 is 0 Å². The average molecular weight is 286 g/mol. The summed E-state index contributed by atoms with van der Waals surface area (Å²) in [5.74, 6) is 1.22. The second kappa shape index (κ2) is 7.89. The fraction of sp³-hybridized carbons (Fsp3) is 0.250. The van der Waals surface area contributed by atoms with Crippen molar-refractivity contribution in [1.29, 1.82) is 0 Å². The number of carbonyl (C=O) groups excluding carboxylic acids is 1. The lowest BCUT2D eigenvalue weighted by molar-refractivity contribution is -0.116. The second-order valence-electron chi connectivity index (χ2n) is 4.27. The molecule has 2 rings (SSSR count). The number of anilines is 1. The number of nitrogens with one attached hydrogen (secondary N) is 1. The van der Waals surface area contributed by atoms with Crippen LogP contribution < -0.4 is 14.8 Å². The molecule has 0 aliphatic carbocycles. The van der Waals surface area contributed by atoms with E-state index in [1.807, 2.05) is 31.2 Å². The van der Waals surface area contributed by atoms with Gasteiger partial charge in [0.05, 0.1) is 31.5 Å². The SMILES string of the molecule is CCOc1ccccc1OCCC(=O)Nc1cccnc1. The lowest BCUT2D eigenvalue weighted by Gasteiger charge is -2.11. The number of carbonyl (C=O) groups is 1. The second-order valence-corrected chi connectivity index (χ2v) is 4.27. The van der Waals surface area contributed by atoms with Crippen molar-refractivity contribution in [3.8, 4) is 11.5 Å². The number of rotatable bonds is 7. The summed E-state index contributed by atoms with van der Waals surface area (Å²) >= 11 is 0. The zero-order valence-electron chi connectivity index (χ0n) is 11.9. The van der Waals surface area contributed by atoms with Crippen molar-refractivity contribution in [1.82, 2.24) is 4.98 Å². The molecule has 0 fully saturated rings. The molecule has 5 nitrogen and oxygen atoms in total. The number of benzene rings is 1. The average Bonchev–Trinajstić information content (AvgIpc) is 2.50. The molecular weight excluding hydrogens is 268 g/mol. The van der Waals surface area contributed by atoms with Crippen LogP contribution in [0.1, 0.15) is 13.3 Å². The lowest BCUT2D eigenvalue weighted by Crippen LogP contribution is -2.15. The minimum atomic E-state index is -0.114. The molecule has 0 saturated heterocycles. The van der Waals surface area contributed by atoms with Crippen LogP contribution in [0.3, 0.4) is 0 Å². The third-order valence-corrected chi connectivity index (χ3v) is 2.68. The third kappa shape index (κ3) is 4.80. The van der Waals surface area contributed by atoms with Crippen LogP contribution in [0.15, 0.2) is 48.8 Å². The van der Waals surface area contributed by atoms with E-state index in [9.17, 15) is 4.79 Å². The predicted octanol–water partition coefficient (Wildman–Crippen LogP) is 2.89. The fourth-order valence-corrected chi connectivity index (χ4v) is 1.76. The number of aromatic nitrogens is 1. The molecule has 1 heterocycles. The van der Waals surface area contributed by atoms with Crippen molar-refractivity contribution in [2.75, 3.05) is 18.5 Å². The van der Waals surface area contributed by atoms with Crippen molar-refractivity contribution >= 4 is 11.6 Å². The van der Waals surface area contributed by atoms with Crippen LogP contribution in [-0.4, -0.2) is 24.1 Å². The third-order valence-electron chi connectivity index (χ3n) is 2.68. The molecule has 0 aliphatic rings. The van der Waals surface area contributed by atoms with Gasteiger partial charge in [-0.15, -0.1) is 0 Å². The van der Waals surface area contributed by atoms with Gasteiger partial charge in [0.15, 0.2) is 11.5 Å². The van der Waals surface area contributed by atoms with Crippen LogP contribution in [0.4, 0.5) is 5.69 Å². The summed E-state index contributed by atoms with van der Waals surface area (Å²) in [7, 11) is 0. The Balaban J connectivity index is 1.80. The largest absolute Gasteiger partial charge is 0.490 e. The number of hydrogen-bond acceptors (Lipinski definition) is 4. The van der Waals surface area contributed by atoms with E-state index < -0.39 is 0 Å². The van der Waals surface area contributed by atoms with Crippen molar-refractivity contribution in [2.24, 2.45) is 0 Å². The molecule has 0 aliphatic heterocycles. The Labute approximate surface area is 123 Å². The zero-order chi connectivity index (χ0) is 14.9. The van der Waals surface area contributed by atoms with Crippen LogP contribution in [0.5, 0.6) is 11.5 Å². The van der Waals surface area contributed by atoms with E-state index in [4.69, 9.17) is 9.47 Å². The Morgan fingerprint density at radius 2 is 1.90 bits per heavy atom. The number of ether oxygens (including phenoxy) is 2. The van der Waals surface area contributed by atoms with Gasteiger partial charge in [-0.3, -0.25) is 9.78 Å². The van der Waals surface area contributed by atoms with Gasteiger partial charge in [0.25, 0.3) is 0 Å². The molecule has 0 saturated carbocycles. The van der Waals surface area contributed by atoms with E-state index in [-0.39, 0.29) is 18.9 Å². The molecule has 0 radical (unpaired) electrons. The molecule has 1 N–H and O–H groups in total. The first-order valence-corrected chi connectivity index (χ1v) is 6.84. The molecule has 21 heavy (non-hydrogen) atoms. The number of pyridine rings is 1. The van der Waals surface area contributed by atoms with Crippen LogP contribution in [0.2, 0.25) is 0 Å². The quantitative estimate of drug-likeness (QED) is 0.850. The first-order valence-electron chi connectivity index (χ1n) is 6.84. The molecule has 0 bridgehead atoms. The molecular formula is C16H18N2O3. The van der Waals surface area contributed by atoms with E-state index in [0.29, 0.717) is 23.8 Å². The minimum Gasteiger partial charge on any atom is -0.490 e. The van der Waals surface area contributed by atoms with E-state index in [0.717, 1.165) is 0 Å². The number of para-hydroxylation sites is 2. The highest BCUT2D eigenvalue weighted by Crippen LogP contribution is 2.26. The van der Waals surface area contributed by atoms with E-state index in [1.54, 1.807) is 24.5 Å². The molecule has 1 aromatic carbocycles. The number of nitrogens with zero attached hydrogens (tertiary/aromatic N) is 1. The Bertz CT molecular complexity index is 573. The van der Waals surface area contributed by atoms with Crippen molar-refractivity contribution in [2.45, 2.75) is 13.3 Å². The minimum absolute atomic E-state index is 0.114. The summed E-state index contributed by atoms with van der Waals surface area (Å²) in [5, 5.41) is 2.76. The maximum Gasteiger partial charge on any atom is 0.227 e. The van der Waals surface area contributed by atoms with Gasteiger partial charge in [-0.1, -0.05) is 12.1 Å². The maximum absolute atomic E-state index is 11.8. The first-order chi connectivity index (χ1) is 10.3. The van der Waals surface area contributed by atoms with E-state index >= 15 is 0 Å². The van der Waals surface area contributed by atoms with Crippen LogP contribution in [0.25, 0.3) is 0 Å². The Hall–Kier alpha value is -2.56. The standard InChI is InChI=1S/C16H18N2O3/c1-2-20-14-7-3-4-8-15(14)21-11-9-16(19)18-13-6-5-10-17-12-13/h3-8,10,12H,2,9,11H2,1H3,(H,18,19). The topological polar surface area (TPSA) is 60.5 Å². The normalized spacial score (nSPS) is 9.95. The maximum atomic E-state index is 11.8. The van der Waals surface area contributed by atoms with Crippen molar-refractivity contribution in [3.63, 3.8) is 0 Å². The number of amides is 1. The summed E-state index contributed by atoms with van der Waals surface area (Å²) < 4.78 is 11.1. The van der Waals surface area contributed by atoms with E-state index in [2.05, 4.69) is 10.3 Å². The van der Waals surface area contributed by atoms with Gasteiger partial charge in [-0.25, -0.2) is 0 Å². The molecule has 0 atom stereocenters. The van der Waals surface area contributed by atoms with Gasteiger partial charge in [-0.05, 0) is 31.2 Å². The van der Waals surface area contributed by atoms with Crippen molar-refractivity contribution < 1.29 is 14.3 Å². The van der Waals surface area contributed by atoms with Gasteiger partial charge in [0, 0.05) is 6.20 Å². The molecule has 1 aromatic heterocycles. The summed E-state index contributed by atoms with van der Waals surface area (Å²) in [4.78, 5) is 15.7. The van der Waals surface area contributed by atoms with Gasteiger partial charge in [0.2, 0.25) is 5.91 Å². The summed E-state index contributed by atoms with van der Waals surface area (Å²) in [6.45, 7) is 2.77. The van der Waals surface area contributed by atoms with Gasteiger partial charge in [0.1, 0.15) is 0 Å². The molecule has 1 amide bonds. The first kappa shape index (κ1) is 14.8. The zero-order valence-corrected chi connectivity index (χ0v) is 11.9. The molecule has 0 unspecified atom stereocenters. The highest BCUT2D eigenvalue weighted by Gasteiger charge is 2.06. The van der Waals surface area contributed by atoms with Crippen molar-refractivity contribution in [3.05, 3.63) is 48.8 Å². The lowest BCUT2D eigenvalue weighted by atomic mass is 10.3. The highest BCUT2D eigenvalue weighted by molar-refractivity contribution is 5.90. The molecule has 2 aromatic rings. The monoisotopic (exact) mass is 286 g/mol. The summed E-state index contributed by atoms with van der Waals surface area (Å²) in [6.07, 6.45) is 3.52. The van der Waals surface area contributed by atoms with Crippen LogP contribution >= 0.6 is 0 Å². The van der Waals surface area contributed by atoms with Gasteiger partial charge in [-0.2, -0.15) is 0 Å². The smallest absolute Gasteiger partial charge is 0.227 e. The summed E-state index contributed by atoms with van der Waals surface area (Å²) in [5.41, 5.74) is 0.678. The number of hydrogen-bond donors (Lipinski definition) is 1. The fourth-order valence-electron chi connectivity index (χ4n) is 1.76. The Morgan fingerprint density at radius 1 is 1.14 bits per heavy atom. The summed E-state index contributed by atoms with van der Waals surface area (Å²) in [6, 6.07) is 11.0.